The summed E-state index contributed by atoms with van der Waals surface area (Å²) in [6.07, 6.45) is 1.40. The summed E-state index contributed by atoms with van der Waals surface area (Å²) in [6, 6.07) is 5.49. The van der Waals surface area contributed by atoms with Crippen LogP contribution in [0.2, 0.25) is 0 Å². The van der Waals surface area contributed by atoms with E-state index in [9.17, 15) is 20.1 Å². The molecule has 1 aliphatic carbocycles. The molecule has 4 N–H and O–H groups in total. The molecule has 1 aliphatic rings. The summed E-state index contributed by atoms with van der Waals surface area (Å²) in [5.41, 5.74) is 2.41. The number of carbonyl (C=O) groups is 1. The highest BCUT2D eigenvalue weighted by Gasteiger charge is 2.27. The van der Waals surface area contributed by atoms with E-state index in [0.29, 0.717) is 18.3 Å². The molecule has 0 saturated heterocycles. The number of aliphatic carboxylic acids is 1. The summed E-state index contributed by atoms with van der Waals surface area (Å²) >= 11 is 0. The van der Waals surface area contributed by atoms with E-state index in [-0.39, 0.29) is 18.6 Å². The van der Waals surface area contributed by atoms with Crippen LogP contribution in [0.1, 0.15) is 56.1 Å². The second-order valence-electron chi connectivity index (χ2n) is 6.72. The number of aliphatic hydroxyl groups excluding tert-OH is 2. The molecule has 0 bridgehead atoms. The maximum absolute atomic E-state index is 10.5. The predicted molar refractivity (Wildman–Crippen MR) is 86.5 cm³/mol. The zero-order valence-corrected chi connectivity index (χ0v) is 13.5. The monoisotopic (exact) mass is 322 g/mol. The molecule has 1 aromatic rings. The third-order valence-electron chi connectivity index (χ3n) is 4.85. The molecule has 1 aromatic carbocycles. The quantitative estimate of drug-likeness (QED) is 0.618. The summed E-state index contributed by atoms with van der Waals surface area (Å²) in [7, 11) is 0. The summed E-state index contributed by atoms with van der Waals surface area (Å²) in [5.74, 6) is 0.0574. The van der Waals surface area contributed by atoms with E-state index in [1.165, 1.54) is 11.1 Å². The summed E-state index contributed by atoms with van der Waals surface area (Å²) in [6.45, 7) is 2.20. The number of fused-ring (bicyclic) bond motifs is 1. The van der Waals surface area contributed by atoms with Crippen molar-refractivity contribution >= 4 is 5.97 Å². The molecule has 2 rings (SSSR count). The second kappa shape index (κ2) is 7.79. The molecular formula is C18H26O5. The van der Waals surface area contributed by atoms with Crippen molar-refractivity contribution in [2.45, 2.75) is 63.6 Å². The Morgan fingerprint density at radius 2 is 2.04 bits per heavy atom. The molecule has 0 aliphatic heterocycles. The van der Waals surface area contributed by atoms with Crippen LogP contribution in [0.3, 0.4) is 0 Å². The predicted octanol–water partition coefficient (Wildman–Crippen LogP) is 2.42. The van der Waals surface area contributed by atoms with Gasteiger partial charge in [0.25, 0.3) is 0 Å². The standard InChI is InChI=1S/C18H26O5/c1-11-2-3-12-8-13(19)5-7-17(12)16(11)6-4-14(20)9-15(21)10-18(22)23/h5,7-8,11,14-16,19-21H,2-4,6,9-10H2,1H3,(H,22,23)/t11-,14+,15+,16-/m0/s1. The highest BCUT2D eigenvalue weighted by Crippen LogP contribution is 2.40. The molecule has 128 valence electrons. The van der Waals surface area contributed by atoms with Gasteiger partial charge in [-0.1, -0.05) is 13.0 Å². The van der Waals surface area contributed by atoms with Crippen molar-refractivity contribution in [3.8, 4) is 5.75 Å². The molecular weight excluding hydrogens is 296 g/mol. The number of phenolic OH excluding ortho intramolecular Hbond substituents is 1. The van der Waals surface area contributed by atoms with E-state index in [1.54, 1.807) is 6.07 Å². The third kappa shape index (κ3) is 4.94. The lowest BCUT2D eigenvalue weighted by atomic mass is 9.73. The fourth-order valence-electron chi connectivity index (χ4n) is 3.59. The number of hydrogen-bond donors (Lipinski definition) is 4. The molecule has 5 nitrogen and oxygen atoms in total. The largest absolute Gasteiger partial charge is 0.508 e. The molecule has 0 heterocycles. The topological polar surface area (TPSA) is 98.0 Å². The Bertz CT molecular complexity index is 542. The Hall–Kier alpha value is -1.59. The first kappa shape index (κ1) is 17.8. The van der Waals surface area contributed by atoms with Gasteiger partial charge in [0.1, 0.15) is 5.75 Å². The molecule has 0 saturated carbocycles. The normalized spacial score (nSPS) is 23.1. The van der Waals surface area contributed by atoms with Crippen LogP contribution in [-0.2, 0) is 11.2 Å². The van der Waals surface area contributed by atoms with Crippen LogP contribution in [0.25, 0.3) is 0 Å². The highest BCUT2D eigenvalue weighted by molar-refractivity contribution is 5.67. The Morgan fingerprint density at radius 3 is 2.74 bits per heavy atom. The van der Waals surface area contributed by atoms with Gasteiger partial charge >= 0.3 is 5.97 Å². The van der Waals surface area contributed by atoms with Crippen molar-refractivity contribution in [3.63, 3.8) is 0 Å². The molecule has 0 unspecified atom stereocenters. The third-order valence-corrected chi connectivity index (χ3v) is 4.85. The van der Waals surface area contributed by atoms with Crippen molar-refractivity contribution in [1.29, 1.82) is 0 Å². The molecule has 23 heavy (non-hydrogen) atoms. The van der Waals surface area contributed by atoms with Crippen molar-refractivity contribution in [2.24, 2.45) is 5.92 Å². The molecule has 0 radical (unpaired) electrons. The van der Waals surface area contributed by atoms with Gasteiger partial charge in [0.2, 0.25) is 0 Å². The number of aliphatic hydroxyl groups is 2. The van der Waals surface area contributed by atoms with Gasteiger partial charge < -0.3 is 20.4 Å². The molecule has 4 atom stereocenters. The van der Waals surface area contributed by atoms with Gasteiger partial charge in [0.05, 0.1) is 18.6 Å². The lowest BCUT2D eigenvalue weighted by Gasteiger charge is -2.32. The summed E-state index contributed by atoms with van der Waals surface area (Å²) in [4.78, 5) is 10.5. The Morgan fingerprint density at radius 1 is 1.30 bits per heavy atom. The number of benzene rings is 1. The van der Waals surface area contributed by atoms with E-state index in [0.717, 1.165) is 19.3 Å². The van der Waals surface area contributed by atoms with Crippen LogP contribution in [0.15, 0.2) is 18.2 Å². The van der Waals surface area contributed by atoms with E-state index >= 15 is 0 Å². The van der Waals surface area contributed by atoms with E-state index in [2.05, 4.69) is 6.92 Å². The average Bonchev–Trinajstić information content (AvgIpc) is 2.45. The first-order chi connectivity index (χ1) is 10.9. The van der Waals surface area contributed by atoms with Gasteiger partial charge in [-0.05, 0) is 67.2 Å². The molecule has 0 fully saturated rings. The molecule has 5 heteroatoms. The van der Waals surface area contributed by atoms with Gasteiger partial charge in [-0.15, -0.1) is 0 Å². The van der Waals surface area contributed by atoms with Gasteiger partial charge in [0.15, 0.2) is 0 Å². The Labute approximate surface area is 136 Å². The number of aryl methyl sites for hydroxylation is 1. The summed E-state index contributed by atoms with van der Waals surface area (Å²) < 4.78 is 0. The number of carboxylic acids is 1. The zero-order chi connectivity index (χ0) is 17.0. The van der Waals surface area contributed by atoms with Crippen LogP contribution in [0, 0.1) is 5.92 Å². The van der Waals surface area contributed by atoms with Gasteiger partial charge in [-0.25, -0.2) is 0 Å². The van der Waals surface area contributed by atoms with Gasteiger partial charge in [-0.2, -0.15) is 0 Å². The number of carboxylic acid groups (broad SMARTS) is 1. The Kier molecular flexibility index (Phi) is 6.02. The van der Waals surface area contributed by atoms with Gasteiger partial charge in [0, 0.05) is 0 Å². The van der Waals surface area contributed by atoms with Gasteiger partial charge in [-0.3, -0.25) is 4.79 Å². The number of rotatable bonds is 7. The van der Waals surface area contributed by atoms with Crippen LogP contribution < -0.4 is 0 Å². The minimum atomic E-state index is -1.06. The first-order valence-electron chi connectivity index (χ1n) is 8.26. The highest BCUT2D eigenvalue weighted by atomic mass is 16.4. The SMILES string of the molecule is C[C@H]1CCc2cc(O)ccc2[C@H]1CC[C@@H](O)C[C@@H](O)CC(=O)O. The molecule has 0 spiro atoms. The fraction of sp³-hybridized carbons (Fsp3) is 0.611. The van der Waals surface area contributed by atoms with E-state index in [4.69, 9.17) is 5.11 Å². The lowest BCUT2D eigenvalue weighted by molar-refractivity contribution is -0.139. The van der Waals surface area contributed by atoms with Crippen molar-refractivity contribution in [1.82, 2.24) is 0 Å². The average molecular weight is 322 g/mol. The smallest absolute Gasteiger partial charge is 0.305 e. The van der Waals surface area contributed by atoms with Crippen LogP contribution in [-0.4, -0.2) is 38.6 Å². The van der Waals surface area contributed by atoms with Crippen LogP contribution in [0.4, 0.5) is 0 Å². The number of aromatic hydroxyl groups is 1. The minimum Gasteiger partial charge on any atom is -0.508 e. The van der Waals surface area contributed by atoms with Crippen LogP contribution in [0.5, 0.6) is 5.75 Å². The van der Waals surface area contributed by atoms with E-state index < -0.39 is 18.2 Å². The minimum absolute atomic E-state index is 0.0931. The number of phenols is 1. The Balaban J connectivity index is 1.93. The zero-order valence-electron chi connectivity index (χ0n) is 13.5. The lowest BCUT2D eigenvalue weighted by Crippen LogP contribution is -2.23. The van der Waals surface area contributed by atoms with Crippen molar-refractivity contribution < 1.29 is 25.2 Å². The number of hydrogen-bond acceptors (Lipinski definition) is 4. The van der Waals surface area contributed by atoms with Crippen LogP contribution >= 0.6 is 0 Å². The van der Waals surface area contributed by atoms with Crippen molar-refractivity contribution in [2.75, 3.05) is 0 Å². The van der Waals surface area contributed by atoms with Crippen molar-refractivity contribution in [3.05, 3.63) is 29.3 Å². The fourth-order valence-corrected chi connectivity index (χ4v) is 3.59. The van der Waals surface area contributed by atoms with E-state index in [1.807, 2.05) is 12.1 Å². The summed E-state index contributed by atoms with van der Waals surface area (Å²) in [5, 5.41) is 37.9. The second-order valence-corrected chi connectivity index (χ2v) is 6.72. The maximum Gasteiger partial charge on any atom is 0.305 e. The first-order valence-corrected chi connectivity index (χ1v) is 8.26. The molecule has 0 aromatic heterocycles. The molecule has 0 amide bonds. The maximum atomic E-state index is 10.5.